The standard InChI is InChI=1S/C24H27F3N4O/c1-17-22(20-8-2-3-9-21(20)29-17)23(32)28-10-5-11-30-12-14-31(15-13-30)19-7-4-6-18(16-19)24(25,26)27/h2-4,6-9,16,29H,5,10-15H2,1H3,(H,28,32). The predicted molar refractivity (Wildman–Crippen MR) is 120 cm³/mol. The van der Waals surface area contributed by atoms with Gasteiger partial charge in [-0.15, -0.1) is 0 Å². The molecule has 32 heavy (non-hydrogen) atoms. The van der Waals surface area contributed by atoms with Gasteiger partial charge in [-0.3, -0.25) is 9.69 Å². The van der Waals surface area contributed by atoms with E-state index in [2.05, 4.69) is 15.2 Å². The average Bonchev–Trinajstić information content (AvgIpc) is 3.12. The Morgan fingerprint density at radius 3 is 2.56 bits per heavy atom. The summed E-state index contributed by atoms with van der Waals surface area (Å²) in [6.07, 6.45) is -3.51. The lowest BCUT2D eigenvalue weighted by Gasteiger charge is -2.36. The minimum Gasteiger partial charge on any atom is -0.369 e. The van der Waals surface area contributed by atoms with E-state index in [0.29, 0.717) is 30.9 Å². The van der Waals surface area contributed by atoms with Crippen LogP contribution in [0.4, 0.5) is 18.9 Å². The number of alkyl halides is 3. The highest BCUT2D eigenvalue weighted by molar-refractivity contribution is 6.08. The summed E-state index contributed by atoms with van der Waals surface area (Å²) in [6.45, 7) is 6.25. The smallest absolute Gasteiger partial charge is 0.369 e. The number of amides is 1. The molecule has 4 rings (SSSR count). The molecule has 8 heteroatoms. The molecule has 1 aliphatic heterocycles. The Morgan fingerprint density at radius 2 is 1.81 bits per heavy atom. The maximum absolute atomic E-state index is 13.0. The van der Waals surface area contributed by atoms with Gasteiger partial charge < -0.3 is 15.2 Å². The van der Waals surface area contributed by atoms with Gasteiger partial charge >= 0.3 is 6.18 Å². The number of para-hydroxylation sites is 1. The minimum atomic E-state index is -4.33. The molecule has 1 aliphatic rings. The van der Waals surface area contributed by atoms with Crippen LogP contribution in [0.5, 0.6) is 0 Å². The fourth-order valence-corrected chi connectivity index (χ4v) is 4.27. The first kappa shape index (κ1) is 22.2. The number of benzene rings is 2. The number of nitrogens with one attached hydrogen (secondary N) is 2. The van der Waals surface area contributed by atoms with E-state index < -0.39 is 11.7 Å². The number of nitrogens with zero attached hydrogens (tertiary/aromatic N) is 2. The Morgan fingerprint density at radius 1 is 1.06 bits per heavy atom. The number of aryl methyl sites for hydroxylation is 1. The average molecular weight is 445 g/mol. The van der Waals surface area contributed by atoms with Crippen LogP contribution >= 0.6 is 0 Å². The molecule has 0 atom stereocenters. The number of piperazine rings is 1. The van der Waals surface area contributed by atoms with Crippen molar-refractivity contribution in [3.63, 3.8) is 0 Å². The molecule has 3 aromatic rings. The van der Waals surface area contributed by atoms with Crippen LogP contribution in [-0.4, -0.2) is 55.1 Å². The van der Waals surface area contributed by atoms with Crippen LogP contribution in [0.2, 0.25) is 0 Å². The molecule has 0 unspecified atom stereocenters. The van der Waals surface area contributed by atoms with Crippen molar-refractivity contribution in [1.82, 2.24) is 15.2 Å². The number of carbonyl (C=O) groups excluding carboxylic acids is 1. The fourth-order valence-electron chi connectivity index (χ4n) is 4.27. The monoisotopic (exact) mass is 444 g/mol. The van der Waals surface area contributed by atoms with Gasteiger partial charge in [0.25, 0.3) is 5.91 Å². The molecule has 1 aromatic heterocycles. The first-order chi connectivity index (χ1) is 15.3. The number of rotatable bonds is 6. The fraction of sp³-hybridized carbons (Fsp3) is 0.375. The lowest BCUT2D eigenvalue weighted by Crippen LogP contribution is -2.47. The minimum absolute atomic E-state index is 0.0747. The van der Waals surface area contributed by atoms with E-state index in [1.54, 1.807) is 6.07 Å². The molecule has 0 spiro atoms. The quantitative estimate of drug-likeness (QED) is 0.553. The number of aromatic amines is 1. The Kier molecular flexibility index (Phi) is 6.41. The third kappa shape index (κ3) is 4.91. The van der Waals surface area contributed by atoms with Crippen LogP contribution in [0.15, 0.2) is 48.5 Å². The Hall–Kier alpha value is -3.00. The van der Waals surface area contributed by atoms with Gasteiger partial charge in [-0.05, 0) is 44.2 Å². The zero-order valence-corrected chi connectivity index (χ0v) is 18.0. The molecule has 1 amide bonds. The molecule has 0 radical (unpaired) electrons. The van der Waals surface area contributed by atoms with Gasteiger partial charge in [0, 0.05) is 55.0 Å². The topological polar surface area (TPSA) is 51.4 Å². The molecule has 2 N–H and O–H groups in total. The van der Waals surface area contributed by atoms with Crippen molar-refractivity contribution in [3.05, 3.63) is 65.4 Å². The third-order valence-electron chi connectivity index (χ3n) is 5.97. The zero-order chi connectivity index (χ0) is 22.7. The highest BCUT2D eigenvalue weighted by Gasteiger charge is 2.31. The first-order valence-electron chi connectivity index (χ1n) is 10.8. The second-order valence-corrected chi connectivity index (χ2v) is 8.16. The number of hydrogen-bond acceptors (Lipinski definition) is 3. The SMILES string of the molecule is Cc1[nH]c2ccccc2c1C(=O)NCCCN1CCN(c2cccc(C(F)(F)F)c2)CC1. The first-order valence-corrected chi connectivity index (χ1v) is 10.8. The van der Waals surface area contributed by atoms with Crippen molar-refractivity contribution in [2.45, 2.75) is 19.5 Å². The van der Waals surface area contributed by atoms with Crippen molar-refractivity contribution in [3.8, 4) is 0 Å². The summed E-state index contributed by atoms with van der Waals surface area (Å²) in [5, 5.41) is 3.93. The second-order valence-electron chi connectivity index (χ2n) is 8.16. The van der Waals surface area contributed by atoms with Crippen LogP contribution in [0.3, 0.4) is 0 Å². The largest absolute Gasteiger partial charge is 0.416 e. The number of H-pyrrole nitrogens is 1. The van der Waals surface area contributed by atoms with Crippen LogP contribution < -0.4 is 10.2 Å². The highest BCUT2D eigenvalue weighted by Crippen LogP contribution is 2.31. The normalized spacial score (nSPS) is 15.3. The van der Waals surface area contributed by atoms with E-state index in [1.165, 1.54) is 12.1 Å². The van der Waals surface area contributed by atoms with Gasteiger partial charge in [-0.1, -0.05) is 24.3 Å². The molecule has 1 saturated heterocycles. The van der Waals surface area contributed by atoms with Gasteiger partial charge in [0.15, 0.2) is 0 Å². The maximum Gasteiger partial charge on any atom is 0.416 e. The maximum atomic E-state index is 13.0. The van der Waals surface area contributed by atoms with E-state index in [0.717, 1.165) is 48.7 Å². The summed E-state index contributed by atoms with van der Waals surface area (Å²) in [5.41, 5.74) is 2.50. The molecule has 1 fully saturated rings. The Balaban J connectivity index is 1.23. The van der Waals surface area contributed by atoms with Gasteiger partial charge in [-0.2, -0.15) is 13.2 Å². The van der Waals surface area contributed by atoms with Crippen LogP contribution in [0.1, 0.15) is 28.0 Å². The number of anilines is 1. The van der Waals surface area contributed by atoms with E-state index >= 15 is 0 Å². The van der Waals surface area contributed by atoms with Crippen LogP contribution in [0.25, 0.3) is 10.9 Å². The lowest BCUT2D eigenvalue weighted by molar-refractivity contribution is -0.137. The highest BCUT2D eigenvalue weighted by atomic mass is 19.4. The van der Waals surface area contributed by atoms with E-state index in [1.807, 2.05) is 36.1 Å². The summed E-state index contributed by atoms with van der Waals surface area (Å²) in [4.78, 5) is 20.2. The molecule has 0 bridgehead atoms. The van der Waals surface area contributed by atoms with Crippen molar-refractivity contribution in [2.75, 3.05) is 44.2 Å². The predicted octanol–water partition coefficient (Wildman–Crippen LogP) is 4.44. The molecule has 0 aliphatic carbocycles. The molecular weight excluding hydrogens is 417 g/mol. The van der Waals surface area contributed by atoms with Gasteiger partial charge in [0.05, 0.1) is 11.1 Å². The second kappa shape index (κ2) is 9.24. The molecule has 170 valence electrons. The molecule has 0 saturated carbocycles. The lowest BCUT2D eigenvalue weighted by atomic mass is 10.1. The summed E-state index contributed by atoms with van der Waals surface area (Å²) in [6, 6.07) is 13.3. The van der Waals surface area contributed by atoms with Crippen molar-refractivity contribution >= 4 is 22.5 Å². The summed E-state index contributed by atoms with van der Waals surface area (Å²) >= 11 is 0. The zero-order valence-electron chi connectivity index (χ0n) is 18.0. The summed E-state index contributed by atoms with van der Waals surface area (Å²) < 4.78 is 38.9. The molecular formula is C24H27F3N4O. The number of carbonyl (C=O) groups is 1. The number of hydrogen-bond donors (Lipinski definition) is 2. The summed E-state index contributed by atoms with van der Waals surface area (Å²) in [7, 11) is 0. The van der Waals surface area contributed by atoms with Crippen molar-refractivity contribution in [1.29, 1.82) is 0 Å². The Labute approximate surface area is 185 Å². The van der Waals surface area contributed by atoms with Crippen molar-refractivity contribution in [2.24, 2.45) is 0 Å². The number of fused-ring (bicyclic) bond motifs is 1. The van der Waals surface area contributed by atoms with Crippen LogP contribution in [0, 0.1) is 6.92 Å². The number of aromatic nitrogens is 1. The van der Waals surface area contributed by atoms with Crippen molar-refractivity contribution < 1.29 is 18.0 Å². The van der Waals surface area contributed by atoms with Gasteiger partial charge in [0.1, 0.15) is 0 Å². The summed E-state index contributed by atoms with van der Waals surface area (Å²) in [5.74, 6) is -0.0747. The molecule has 2 heterocycles. The third-order valence-corrected chi connectivity index (χ3v) is 5.97. The molecule has 5 nitrogen and oxygen atoms in total. The van der Waals surface area contributed by atoms with Gasteiger partial charge in [-0.25, -0.2) is 0 Å². The van der Waals surface area contributed by atoms with Crippen LogP contribution in [-0.2, 0) is 6.18 Å². The van der Waals surface area contributed by atoms with E-state index in [4.69, 9.17) is 0 Å². The van der Waals surface area contributed by atoms with E-state index in [-0.39, 0.29) is 5.91 Å². The number of halogens is 3. The Bertz CT molecular complexity index is 1080. The van der Waals surface area contributed by atoms with Gasteiger partial charge in [0.2, 0.25) is 0 Å². The molecule has 2 aromatic carbocycles. The van der Waals surface area contributed by atoms with E-state index in [9.17, 15) is 18.0 Å².